The van der Waals surface area contributed by atoms with Gasteiger partial charge in [-0.1, -0.05) is 42.5 Å². The predicted octanol–water partition coefficient (Wildman–Crippen LogP) is 3.34. The molecule has 19 heavy (non-hydrogen) atoms. The van der Waals surface area contributed by atoms with Gasteiger partial charge in [0, 0.05) is 10.9 Å². The molecule has 2 aromatic carbocycles. The van der Waals surface area contributed by atoms with Crippen LogP contribution in [0.1, 0.15) is 22.8 Å². The van der Waals surface area contributed by atoms with Crippen LogP contribution in [0.15, 0.2) is 59.5 Å². The van der Waals surface area contributed by atoms with Gasteiger partial charge in [-0.15, -0.1) is 12.6 Å². The van der Waals surface area contributed by atoms with Crippen molar-refractivity contribution in [3.05, 3.63) is 65.7 Å². The number of benzene rings is 2. The molecule has 3 heteroatoms. The van der Waals surface area contributed by atoms with Gasteiger partial charge in [0.25, 0.3) is 5.91 Å². The number of thiol groups is 1. The van der Waals surface area contributed by atoms with Crippen LogP contribution in [0, 0.1) is 0 Å². The Bertz CT molecular complexity index is 554. The average Bonchev–Trinajstić information content (AvgIpc) is 2.40. The molecule has 1 N–H and O–H groups in total. The molecule has 0 saturated heterocycles. The molecule has 0 aliphatic rings. The second-order valence-electron chi connectivity index (χ2n) is 4.58. The summed E-state index contributed by atoms with van der Waals surface area (Å²) >= 11 is 4.30. The Kier molecular flexibility index (Phi) is 4.63. The van der Waals surface area contributed by atoms with Gasteiger partial charge < -0.3 is 5.32 Å². The molecule has 0 spiro atoms. The van der Waals surface area contributed by atoms with Crippen LogP contribution in [0.4, 0.5) is 0 Å². The summed E-state index contributed by atoms with van der Waals surface area (Å²) in [6.07, 6.45) is 0.821. The molecule has 0 heterocycles. The fourth-order valence-electron chi connectivity index (χ4n) is 1.99. The number of hydrogen-bond donors (Lipinski definition) is 2. The maximum atomic E-state index is 12.1. The molecule has 0 saturated carbocycles. The molecule has 2 rings (SSSR count). The second kappa shape index (κ2) is 6.43. The SMILES string of the molecule is CC(Cc1ccccc1)NC(=O)c1ccccc1S. The largest absolute Gasteiger partial charge is 0.349 e. The molecule has 98 valence electrons. The van der Waals surface area contributed by atoms with Crippen LogP contribution in [-0.4, -0.2) is 11.9 Å². The number of amides is 1. The lowest BCUT2D eigenvalue weighted by Crippen LogP contribution is -2.34. The van der Waals surface area contributed by atoms with Crippen LogP contribution in [0.25, 0.3) is 0 Å². The van der Waals surface area contributed by atoms with Crippen molar-refractivity contribution >= 4 is 18.5 Å². The summed E-state index contributed by atoms with van der Waals surface area (Å²) in [4.78, 5) is 12.8. The van der Waals surface area contributed by atoms with Gasteiger partial charge in [-0.3, -0.25) is 4.79 Å². The fourth-order valence-corrected chi connectivity index (χ4v) is 2.25. The third-order valence-electron chi connectivity index (χ3n) is 2.91. The van der Waals surface area contributed by atoms with Crippen LogP contribution in [0.5, 0.6) is 0 Å². The van der Waals surface area contributed by atoms with Gasteiger partial charge >= 0.3 is 0 Å². The summed E-state index contributed by atoms with van der Waals surface area (Å²) in [6.45, 7) is 2.01. The minimum absolute atomic E-state index is 0.0750. The molecule has 1 atom stereocenters. The van der Waals surface area contributed by atoms with Crippen molar-refractivity contribution in [3.8, 4) is 0 Å². The van der Waals surface area contributed by atoms with E-state index in [0.717, 1.165) is 6.42 Å². The first kappa shape index (κ1) is 13.7. The van der Waals surface area contributed by atoms with Gasteiger partial charge in [-0.25, -0.2) is 0 Å². The van der Waals surface area contributed by atoms with Gasteiger partial charge in [-0.2, -0.15) is 0 Å². The highest BCUT2D eigenvalue weighted by Crippen LogP contribution is 2.13. The lowest BCUT2D eigenvalue weighted by molar-refractivity contribution is 0.0937. The number of hydrogen-bond acceptors (Lipinski definition) is 2. The van der Waals surface area contributed by atoms with E-state index in [2.05, 4.69) is 30.1 Å². The zero-order valence-corrected chi connectivity index (χ0v) is 11.7. The Labute approximate surface area is 119 Å². The third kappa shape index (κ3) is 3.86. The molecule has 0 radical (unpaired) electrons. The van der Waals surface area contributed by atoms with Gasteiger partial charge in [0.1, 0.15) is 0 Å². The van der Waals surface area contributed by atoms with Crippen LogP contribution in [0.2, 0.25) is 0 Å². The summed E-state index contributed by atoms with van der Waals surface area (Å²) in [5.74, 6) is -0.0750. The molecule has 1 unspecified atom stereocenters. The quantitative estimate of drug-likeness (QED) is 0.821. The molecule has 1 amide bonds. The van der Waals surface area contributed by atoms with Crippen molar-refractivity contribution in [1.29, 1.82) is 0 Å². The maximum Gasteiger partial charge on any atom is 0.252 e. The summed E-state index contributed by atoms with van der Waals surface area (Å²) in [6, 6.07) is 17.5. The molecule has 0 bridgehead atoms. The van der Waals surface area contributed by atoms with Crippen molar-refractivity contribution < 1.29 is 4.79 Å². The maximum absolute atomic E-state index is 12.1. The van der Waals surface area contributed by atoms with Crippen molar-refractivity contribution in [3.63, 3.8) is 0 Å². The smallest absolute Gasteiger partial charge is 0.252 e. The summed E-state index contributed by atoms with van der Waals surface area (Å²) < 4.78 is 0. The highest BCUT2D eigenvalue weighted by atomic mass is 32.1. The standard InChI is InChI=1S/C16H17NOS/c1-12(11-13-7-3-2-4-8-13)17-16(18)14-9-5-6-10-15(14)19/h2-10,12,19H,11H2,1H3,(H,17,18). The van der Waals surface area contributed by atoms with E-state index in [0.29, 0.717) is 10.5 Å². The van der Waals surface area contributed by atoms with E-state index in [1.54, 1.807) is 6.07 Å². The minimum atomic E-state index is -0.0750. The first-order valence-electron chi connectivity index (χ1n) is 6.29. The van der Waals surface area contributed by atoms with Crippen LogP contribution < -0.4 is 5.32 Å². The molecular weight excluding hydrogens is 254 g/mol. The van der Waals surface area contributed by atoms with Crippen molar-refractivity contribution in [1.82, 2.24) is 5.32 Å². The number of nitrogens with one attached hydrogen (secondary N) is 1. The van der Waals surface area contributed by atoms with E-state index in [1.165, 1.54) is 5.56 Å². The third-order valence-corrected chi connectivity index (χ3v) is 3.30. The molecule has 2 nitrogen and oxygen atoms in total. The summed E-state index contributed by atoms with van der Waals surface area (Å²) in [5, 5.41) is 3.00. The lowest BCUT2D eigenvalue weighted by atomic mass is 10.1. The van der Waals surface area contributed by atoms with Crippen molar-refractivity contribution in [2.75, 3.05) is 0 Å². The Morgan fingerprint density at radius 2 is 1.74 bits per heavy atom. The Balaban J connectivity index is 1.98. The lowest BCUT2D eigenvalue weighted by Gasteiger charge is -2.14. The average molecular weight is 271 g/mol. The topological polar surface area (TPSA) is 29.1 Å². The van der Waals surface area contributed by atoms with Gasteiger partial charge in [-0.05, 0) is 31.0 Å². The van der Waals surface area contributed by atoms with Gasteiger partial charge in [0.2, 0.25) is 0 Å². The van der Waals surface area contributed by atoms with E-state index < -0.39 is 0 Å². The van der Waals surface area contributed by atoms with Crippen LogP contribution in [-0.2, 0) is 6.42 Å². The van der Waals surface area contributed by atoms with E-state index in [1.807, 2.05) is 43.3 Å². The normalized spacial score (nSPS) is 11.9. The zero-order chi connectivity index (χ0) is 13.7. The van der Waals surface area contributed by atoms with E-state index in [9.17, 15) is 4.79 Å². The molecule has 0 fully saturated rings. The number of rotatable bonds is 4. The monoisotopic (exact) mass is 271 g/mol. The fraction of sp³-hybridized carbons (Fsp3) is 0.188. The second-order valence-corrected chi connectivity index (χ2v) is 5.06. The van der Waals surface area contributed by atoms with E-state index >= 15 is 0 Å². The zero-order valence-electron chi connectivity index (χ0n) is 10.8. The van der Waals surface area contributed by atoms with E-state index in [-0.39, 0.29) is 11.9 Å². The first-order valence-corrected chi connectivity index (χ1v) is 6.74. The van der Waals surface area contributed by atoms with Crippen LogP contribution in [0.3, 0.4) is 0 Å². The predicted molar refractivity (Wildman–Crippen MR) is 80.8 cm³/mol. The van der Waals surface area contributed by atoms with Crippen molar-refractivity contribution in [2.24, 2.45) is 0 Å². The highest BCUT2D eigenvalue weighted by molar-refractivity contribution is 7.80. The Morgan fingerprint density at radius 1 is 1.11 bits per heavy atom. The summed E-state index contributed by atoms with van der Waals surface area (Å²) in [7, 11) is 0. The number of carbonyl (C=O) groups is 1. The molecular formula is C16H17NOS. The summed E-state index contributed by atoms with van der Waals surface area (Å²) in [5.41, 5.74) is 1.83. The van der Waals surface area contributed by atoms with Gasteiger partial charge in [0.05, 0.1) is 5.56 Å². The van der Waals surface area contributed by atoms with Crippen molar-refractivity contribution in [2.45, 2.75) is 24.3 Å². The highest BCUT2D eigenvalue weighted by Gasteiger charge is 2.12. The first-order chi connectivity index (χ1) is 9.16. The van der Waals surface area contributed by atoms with E-state index in [4.69, 9.17) is 0 Å². The molecule has 0 aliphatic heterocycles. The molecule has 0 aromatic heterocycles. The Hall–Kier alpha value is -1.74. The molecule has 0 aliphatic carbocycles. The number of carbonyl (C=O) groups excluding carboxylic acids is 1. The van der Waals surface area contributed by atoms with Crippen LogP contribution >= 0.6 is 12.6 Å². The minimum Gasteiger partial charge on any atom is -0.349 e. The molecule has 2 aromatic rings. The van der Waals surface area contributed by atoms with Gasteiger partial charge in [0.15, 0.2) is 0 Å². The Morgan fingerprint density at radius 3 is 2.42 bits per heavy atom.